The van der Waals surface area contributed by atoms with Crippen molar-refractivity contribution in [2.45, 2.75) is 19.9 Å². The summed E-state index contributed by atoms with van der Waals surface area (Å²) in [6.45, 7) is 2.83. The summed E-state index contributed by atoms with van der Waals surface area (Å²) in [5.74, 6) is 0.0337. The van der Waals surface area contributed by atoms with Gasteiger partial charge in [-0.15, -0.1) is 11.3 Å². The van der Waals surface area contributed by atoms with E-state index in [1.807, 2.05) is 60.8 Å². The van der Waals surface area contributed by atoms with Crippen molar-refractivity contribution in [2.75, 3.05) is 11.9 Å². The van der Waals surface area contributed by atoms with Crippen molar-refractivity contribution < 1.29 is 14.3 Å². The quantitative estimate of drug-likeness (QED) is 0.453. The molecule has 5 nitrogen and oxygen atoms in total. The standard InChI is InChI=1S/C24H21ClN2O3S/c1-2-12-30-19-6-3-5-18(14-19)26-22-21(20-7-4-13-31-20)23(28)27(24(22)29)15-16-8-10-17(25)11-9-16/h3-11,13-14,26H,2,12,15H2,1H3. The first-order chi connectivity index (χ1) is 15.1. The molecule has 3 aromatic rings. The van der Waals surface area contributed by atoms with Gasteiger partial charge >= 0.3 is 0 Å². The molecule has 2 heterocycles. The zero-order chi connectivity index (χ0) is 21.8. The Morgan fingerprint density at radius 3 is 2.55 bits per heavy atom. The predicted octanol–water partition coefficient (Wildman–Crippen LogP) is 5.58. The molecule has 0 saturated carbocycles. The van der Waals surface area contributed by atoms with Gasteiger partial charge < -0.3 is 10.1 Å². The third kappa shape index (κ3) is 4.65. The molecule has 0 unspecified atom stereocenters. The molecule has 0 saturated heterocycles. The number of benzene rings is 2. The summed E-state index contributed by atoms with van der Waals surface area (Å²) in [5, 5.41) is 5.67. The van der Waals surface area contributed by atoms with Gasteiger partial charge in [-0.05, 0) is 47.7 Å². The molecule has 1 aliphatic rings. The number of nitrogens with one attached hydrogen (secondary N) is 1. The van der Waals surface area contributed by atoms with Crippen LogP contribution < -0.4 is 10.1 Å². The van der Waals surface area contributed by atoms with Gasteiger partial charge in [0, 0.05) is 21.7 Å². The van der Waals surface area contributed by atoms with Crippen LogP contribution in [-0.4, -0.2) is 23.3 Å². The number of hydrogen-bond acceptors (Lipinski definition) is 5. The van der Waals surface area contributed by atoms with Gasteiger partial charge in [0.15, 0.2) is 0 Å². The van der Waals surface area contributed by atoms with E-state index in [-0.39, 0.29) is 24.1 Å². The number of carbonyl (C=O) groups is 2. The molecule has 0 radical (unpaired) electrons. The summed E-state index contributed by atoms with van der Waals surface area (Å²) in [5.41, 5.74) is 2.17. The average molecular weight is 453 g/mol. The molecule has 0 bridgehead atoms. The predicted molar refractivity (Wildman–Crippen MR) is 124 cm³/mol. The summed E-state index contributed by atoms with van der Waals surface area (Å²) in [6, 6.07) is 18.2. The molecule has 0 atom stereocenters. The SMILES string of the molecule is CCCOc1cccc(NC2=C(c3cccs3)C(=O)N(Cc3ccc(Cl)cc3)C2=O)c1. The van der Waals surface area contributed by atoms with Gasteiger partial charge in [-0.2, -0.15) is 0 Å². The van der Waals surface area contributed by atoms with E-state index in [4.69, 9.17) is 16.3 Å². The third-order valence-corrected chi connectivity index (χ3v) is 5.91. The van der Waals surface area contributed by atoms with E-state index in [1.54, 1.807) is 12.1 Å². The van der Waals surface area contributed by atoms with Gasteiger partial charge in [-0.25, -0.2) is 0 Å². The number of anilines is 1. The number of carbonyl (C=O) groups excluding carboxylic acids is 2. The van der Waals surface area contributed by atoms with E-state index in [2.05, 4.69) is 5.32 Å². The molecule has 2 aromatic carbocycles. The lowest BCUT2D eigenvalue weighted by atomic mass is 10.1. The number of thiophene rings is 1. The number of amides is 2. The fourth-order valence-corrected chi connectivity index (χ4v) is 4.18. The molecule has 1 N–H and O–H groups in total. The van der Waals surface area contributed by atoms with Crippen LogP contribution in [0.3, 0.4) is 0 Å². The summed E-state index contributed by atoms with van der Waals surface area (Å²) in [6.07, 6.45) is 0.901. The maximum Gasteiger partial charge on any atom is 0.278 e. The minimum Gasteiger partial charge on any atom is -0.494 e. The second-order valence-electron chi connectivity index (χ2n) is 7.05. The minimum atomic E-state index is -0.358. The maximum absolute atomic E-state index is 13.3. The van der Waals surface area contributed by atoms with Crippen LogP contribution >= 0.6 is 22.9 Å². The lowest BCUT2D eigenvalue weighted by molar-refractivity contribution is -0.137. The fraction of sp³-hybridized carbons (Fsp3) is 0.167. The zero-order valence-corrected chi connectivity index (χ0v) is 18.5. The molecular weight excluding hydrogens is 432 g/mol. The van der Waals surface area contributed by atoms with Gasteiger partial charge in [0.1, 0.15) is 11.4 Å². The van der Waals surface area contributed by atoms with E-state index >= 15 is 0 Å². The molecule has 1 aliphatic heterocycles. The van der Waals surface area contributed by atoms with Crippen LogP contribution in [0.2, 0.25) is 5.02 Å². The van der Waals surface area contributed by atoms with Crippen molar-refractivity contribution in [3.63, 3.8) is 0 Å². The van der Waals surface area contributed by atoms with E-state index < -0.39 is 0 Å². The molecule has 0 aliphatic carbocycles. The number of ether oxygens (including phenoxy) is 1. The molecule has 7 heteroatoms. The third-order valence-electron chi connectivity index (χ3n) is 4.77. The van der Waals surface area contributed by atoms with Crippen LogP contribution in [0.15, 0.2) is 71.7 Å². The lowest BCUT2D eigenvalue weighted by Crippen LogP contribution is -2.31. The Hall–Kier alpha value is -3.09. The first-order valence-corrected chi connectivity index (χ1v) is 11.2. The second kappa shape index (κ2) is 9.37. The van der Waals surface area contributed by atoms with Crippen LogP contribution in [0, 0.1) is 0 Å². The molecular formula is C24H21ClN2O3S. The number of halogens is 1. The Morgan fingerprint density at radius 1 is 1.03 bits per heavy atom. The van der Waals surface area contributed by atoms with E-state index in [1.165, 1.54) is 16.2 Å². The van der Waals surface area contributed by atoms with E-state index in [0.29, 0.717) is 28.6 Å². The first-order valence-electron chi connectivity index (χ1n) is 9.95. The summed E-state index contributed by atoms with van der Waals surface area (Å²) >= 11 is 7.38. The zero-order valence-electron chi connectivity index (χ0n) is 16.9. The molecule has 0 fully saturated rings. The Balaban J connectivity index is 1.65. The van der Waals surface area contributed by atoms with E-state index in [0.717, 1.165) is 16.9 Å². The molecule has 31 heavy (non-hydrogen) atoms. The van der Waals surface area contributed by atoms with Crippen molar-refractivity contribution in [1.82, 2.24) is 4.90 Å². The van der Waals surface area contributed by atoms with Crippen molar-refractivity contribution in [3.8, 4) is 5.75 Å². The smallest absolute Gasteiger partial charge is 0.278 e. The van der Waals surface area contributed by atoms with Crippen LogP contribution in [0.1, 0.15) is 23.8 Å². The first kappa shape index (κ1) is 21.2. The molecule has 1 aromatic heterocycles. The van der Waals surface area contributed by atoms with Crippen LogP contribution in [0.5, 0.6) is 5.75 Å². The number of hydrogen-bond donors (Lipinski definition) is 1. The van der Waals surface area contributed by atoms with Gasteiger partial charge in [0.2, 0.25) is 0 Å². The number of nitrogens with zero attached hydrogens (tertiary/aromatic N) is 1. The maximum atomic E-state index is 13.3. The van der Waals surface area contributed by atoms with Crippen LogP contribution in [0.25, 0.3) is 5.57 Å². The Morgan fingerprint density at radius 2 is 1.84 bits per heavy atom. The molecule has 2 amide bonds. The van der Waals surface area contributed by atoms with Crippen LogP contribution in [-0.2, 0) is 16.1 Å². The topological polar surface area (TPSA) is 58.6 Å². The normalized spacial score (nSPS) is 13.8. The summed E-state index contributed by atoms with van der Waals surface area (Å²) in [4.78, 5) is 28.6. The highest BCUT2D eigenvalue weighted by molar-refractivity contribution is 7.11. The summed E-state index contributed by atoms with van der Waals surface area (Å²) < 4.78 is 5.69. The minimum absolute atomic E-state index is 0.175. The van der Waals surface area contributed by atoms with Gasteiger partial charge in [0.05, 0.1) is 18.7 Å². The Kier molecular flexibility index (Phi) is 6.39. The highest BCUT2D eigenvalue weighted by atomic mass is 35.5. The van der Waals surface area contributed by atoms with Crippen molar-refractivity contribution >= 4 is 46.0 Å². The lowest BCUT2D eigenvalue weighted by Gasteiger charge is -2.15. The largest absolute Gasteiger partial charge is 0.494 e. The second-order valence-corrected chi connectivity index (χ2v) is 8.44. The van der Waals surface area contributed by atoms with Crippen molar-refractivity contribution in [2.24, 2.45) is 0 Å². The van der Waals surface area contributed by atoms with E-state index in [9.17, 15) is 9.59 Å². The van der Waals surface area contributed by atoms with Crippen molar-refractivity contribution in [3.05, 3.63) is 87.2 Å². The molecule has 158 valence electrons. The summed E-state index contributed by atoms with van der Waals surface area (Å²) in [7, 11) is 0. The van der Waals surface area contributed by atoms with Crippen molar-refractivity contribution in [1.29, 1.82) is 0 Å². The Bertz CT molecular complexity index is 1120. The highest BCUT2D eigenvalue weighted by Crippen LogP contribution is 2.34. The van der Waals surface area contributed by atoms with Gasteiger partial charge in [-0.3, -0.25) is 14.5 Å². The number of rotatable bonds is 8. The van der Waals surface area contributed by atoms with Crippen LogP contribution in [0.4, 0.5) is 5.69 Å². The molecule has 0 spiro atoms. The van der Waals surface area contributed by atoms with Gasteiger partial charge in [-0.1, -0.05) is 42.8 Å². The van der Waals surface area contributed by atoms with Gasteiger partial charge in [0.25, 0.3) is 11.8 Å². The number of imide groups is 1. The molecule has 4 rings (SSSR count). The average Bonchev–Trinajstić information content (AvgIpc) is 3.37. The monoisotopic (exact) mass is 452 g/mol. The fourth-order valence-electron chi connectivity index (χ4n) is 3.29. The highest BCUT2D eigenvalue weighted by Gasteiger charge is 2.39. The Labute approximate surface area is 189 Å².